The lowest BCUT2D eigenvalue weighted by atomic mass is 10.2. The average molecular weight is 200 g/mol. The van der Waals surface area contributed by atoms with Crippen LogP contribution in [0.15, 0.2) is 0 Å². The highest BCUT2D eigenvalue weighted by molar-refractivity contribution is 4.71. The minimum Gasteiger partial charge on any atom is -0.377 e. The Morgan fingerprint density at radius 1 is 1.36 bits per heavy atom. The molecule has 1 atom stereocenters. The zero-order valence-electron chi connectivity index (χ0n) is 9.59. The number of likely N-dealkylation sites (N-methyl/N-ethyl adjacent to an activating group) is 1. The van der Waals surface area contributed by atoms with Gasteiger partial charge in [0.15, 0.2) is 0 Å². The van der Waals surface area contributed by atoms with Gasteiger partial charge in [-0.15, -0.1) is 0 Å². The fourth-order valence-electron chi connectivity index (χ4n) is 1.89. The molecule has 14 heavy (non-hydrogen) atoms. The molecule has 0 aromatic carbocycles. The summed E-state index contributed by atoms with van der Waals surface area (Å²) in [4.78, 5) is 2.48. The van der Waals surface area contributed by atoms with E-state index in [4.69, 9.17) is 4.74 Å². The van der Waals surface area contributed by atoms with Crippen LogP contribution in [0.4, 0.5) is 0 Å². The summed E-state index contributed by atoms with van der Waals surface area (Å²) in [5.74, 6) is 0. The molecule has 1 heterocycles. The Labute approximate surface area is 87.8 Å². The molecule has 1 saturated heterocycles. The van der Waals surface area contributed by atoms with Gasteiger partial charge in [0.25, 0.3) is 0 Å². The number of ether oxygens (including phenoxy) is 1. The number of hydrogen-bond acceptors (Lipinski definition) is 3. The summed E-state index contributed by atoms with van der Waals surface area (Å²) in [7, 11) is 0. The predicted molar refractivity (Wildman–Crippen MR) is 59.4 cm³/mol. The second-order valence-electron chi connectivity index (χ2n) is 3.88. The van der Waals surface area contributed by atoms with Gasteiger partial charge in [0.1, 0.15) is 0 Å². The summed E-state index contributed by atoms with van der Waals surface area (Å²) in [5.41, 5.74) is 0. The summed E-state index contributed by atoms with van der Waals surface area (Å²) < 4.78 is 5.47. The van der Waals surface area contributed by atoms with E-state index >= 15 is 0 Å². The normalized spacial score (nSPS) is 22.9. The standard InChI is InChI=1S/C11H24N2O/c1-3-5-6-8-13(4-2)11-10-14-9-7-12-11/h11-12H,3-10H2,1-2H3. The monoisotopic (exact) mass is 200 g/mol. The first-order valence-electron chi connectivity index (χ1n) is 5.93. The van der Waals surface area contributed by atoms with Crippen LogP contribution in [0, 0.1) is 0 Å². The van der Waals surface area contributed by atoms with Crippen molar-refractivity contribution in [2.75, 3.05) is 32.8 Å². The van der Waals surface area contributed by atoms with Crippen LogP contribution in [-0.4, -0.2) is 43.9 Å². The predicted octanol–water partition coefficient (Wildman–Crippen LogP) is 1.44. The molecule has 0 amide bonds. The van der Waals surface area contributed by atoms with Gasteiger partial charge in [0.2, 0.25) is 0 Å². The maximum Gasteiger partial charge on any atom is 0.0839 e. The van der Waals surface area contributed by atoms with Crippen molar-refractivity contribution in [2.24, 2.45) is 0 Å². The summed E-state index contributed by atoms with van der Waals surface area (Å²) in [5, 5.41) is 3.50. The third kappa shape index (κ3) is 3.95. The van der Waals surface area contributed by atoms with Crippen LogP contribution >= 0.6 is 0 Å². The number of unbranched alkanes of at least 4 members (excludes halogenated alkanes) is 2. The summed E-state index contributed by atoms with van der Waals surface area (Å²) in [6.45, 7) is 9.49. The first-order chi connectivity index (χ1) is 6.88. The van der Waals surface area contributed by atoms with Gasteiger partial charge >= 0.3 is 0 Å². The van der Waals surface area contributed by atoms with Crippen molar-refractivity contribution in [3.8, 4) is 0 Å². The van der Waals surface area contributed by atoms with Gasteiger partial charge < -0.3 is 4.74 Å². The largest absolute Gasteiger partial charge is 0.377 e. The molecular formula is C11H24N2O. The molecule has 0 spiro atoms. The molecule has 1 rings (SSSR count). The quantitative estimate of drug-likeness (QED) is 0.657. The molecule has 0 aromatic heterocycles. The third-order valence-corrected chi connectivity index (χ3v) is 2.80. The van der Waals surface area contributed by atoms with Crippen LogP contribution in [0.1, 0.15) is 33.1 Å². The highest BCUT2D eigenvalue weighted by Gasteiger charge is 2.18. The van der Waals surface area contributed by atoms with Gasteiger partial charge in [-0.05, 0) is 19.5 Å². The molecule has 84 valence electrons. The van der Waals surface area contributed by atoms with Crippen LogP contribution in [0.3, 0.4) is 0 Å². The van der Waals surface area contributed by atoms with Gasteiger partial charge in [-0.3, -0.25) is 10.2 Å². The summed E-state index contributed by atoms with van der Waals surface area (Å²) >= 11 is 0. The van der Waals surface area contributed by atoms with Gasteiger partial charge in [-0.1, -0.05) is 26.7 Å². The van der Waals surface area contributed by atoms with Crippen molar-refractivity contribution in [1.29, 1.82) is 0 Å². The van der Waals surface area contributed by atoms with Crippen molar-refractivity contribution in [3.05, 3.63) is 0 Å². The van der Waals surface area contributed by atoms with Crippen molar-refractivity contribution in [2.45, 2.75) is 39.3 Å². The van der Waals surface area contributed by atoms with E-state index in [-0.39, 0.29) is 0 Å². The Balaban J connectivity index is 2.21. The lowest BCUT2D eigenvalue weighted by Crippen LogP contribution is -2.53. The molecule has 0 saturated carbocycles. The molecule has 1 fully saturated rings. The molecule has 0 aromatic rings. The van der Waals surface area contributed by atoms with Crippen LogP contribution in [-0.2, 0) is 4.74 Å². The molecular weight excluding hydrogens is 176 g/mol. The Morgan fingerprint density at radius 2 is 2.21 bits per heavy atom. The van der Waals surface area contributed by atoms with Crippen LogP contribution in [0.2, 0.25) is 0 Å². The smallest absolute Gasteiger partial charge is 0.0839 e. The van der Waals surface area contributed by atoms with Gasteiger partial charge in [-0.2, -0.15) is 0 Å². The maximum atomic E-state index is 5.47. The van der Waals surface area contributed by atoms with Crippen LogP contribution < -0.4 is 5.32 Å². The van der Waals surface area contributed by atoms with Gasteiger partial charge in [0.05, 0.1) is 19.4 Å². The average Bonchev–Trinajstić information content (AvgIpc) is 2.26. The van der Waals surface area contributed by atoms with Gasteiger partial charge in [-0.25, -0.2) is 0 Å². The second kappa shape index (κ2) is 7.21. The summed E-state index contributed by atoms with van der Waals surface area (Å²) in [6, 6.07) is 0. The molecule has 3 heteroatoms. The number of rotatable bonds is 6. The highest BCUT2D eigenvalue weighted by atomic mass is 16.5. The molecule has 1 aliphatic heterocycles. The lowest BCUT2D eigenvalue weighted by Gasteiger charge is -2.34. The zero-order valence-corrected chi connectivity index (χ0v) is 9.59. The number of hydrogen-bond donors (Lipinski definition) is 1. The minimum absolute atomic E-state index is 0.450. The number of nitrogens with one attached hydrogen (secondary N) is 1. The van der Waals surface area contributed by atoms with Crippen molar-refractivity contribution in [1.82, 2.24) is 10.2 Å². The molecule has 1 unspecified atom stereocenters. The SMILES string of the molecule is CCCCCN(CC)C1COCCN1. The fraction of sp³-hybridized carbons (Fsp3) is 1.00. The zero-order chi connectivity index (χ0) is 10.2. The topological polar surface area (TPSA) is 24.5 Å². The highest BCUT2D eigenvalue weighted by Crippen LogP contribution is 2.04. The van der Waals surface area contributed by atoms with Crippen molar-refractivity contribution in [3.63, 3.8) is 0 Å². The van der Waals surface area contributed by atoms with Crippen molar-refractivity contribution < 1.29 is 4.74 Å². The van der Waals surface area contributed by atoms with Gasteiger partial charge in [0, 0.05) is 6.54 Å². The first kappa shape index (κ1) is 12.0. The van der Waals surface area contributed by atoms with E-state index in [0.717, 1.165) is 26.3 Å². The maximum absolute atomic E-state index is 5.47. The summed E-state index contributed by atoms with van der Waals surface area (Å²) in [6.07, 6.45) is 4.39. The van der Waals surface area contributed by atoms with Crippen LogP contribution in [0.5, 0.6) is 0 Å². The van der Waals surface area contributed by atoms with Crippen molar-refractivity contribution >= 4 is 0 Å². The Kier molecular flexibility index (Phi) is 6.15. The van der Waals surface area contributed by atoms with E-state index < -0.39 is 0 Å². The first-order valence-corrected chi connectivity index (χ1v) is 5.93. The molecule has 0 bridgehead atoms. The molecule has 0 radical (unpaired) electrons. The minimum atomic E-state index is 0.450. The number of nitrogens with zero attached hydrogens (tertiary/aromatic N) is 1. The Hall–Kier alpha value is -0.120. The van der Waals surface area contributed by atoms with E-state index in [0.29, 0.717) is 6.17 Å². The lowest BCUT2D eigenvalue weighted by molar-refractivity contribution is 0.0105. The molecule has 1 N–H and O–H groups in total. The molecule has 1 aliphatic rings. The number of morpholine rings is 1. The Morgan fingerprint density at radius 3 is 2.79 bits per heavy atom. The van der Waals surface area contributed by atoms with E-state index in [2.05, 4.69) is 24.1 Å². The molecule has 0 aliphatic carbocycles. The Bertz CT molecular complexity index is 135. The van der Waals surface area contributed by atoms with E-state index in [1.165, 1.54) is 25.8 Å². The van der Waals surface area contributed by atoms with E-state index in [1.807, 2.05) is 0 Å². The fourth-order valence-corrected chi connectivity index (χ4v) is 1.89. The van der Waals surface area contributed by atoms with E-state index in [9.17, 15) is 0 Å². The molecule has 3 nitrogen and oxygen atoms in total. The second-order valence-corrected chi connectivity index (χ2v) is 3.88. The van der Waals surface area contributed by atoms with Crippen LogP contribution in [0.25, 0.3) is 0 Å². The van der Waals surface area contributed by atoms with E-state index in [1.54, 1.807) is 0 Å². The third-order valence-electron chi connectivity index (χ3n) is 2.80.